The predicted octanol–water partition coefficient (Wildman–Crippen LogP) is 8.09. The Kier molecular flexibility index (Phi) is 8.17. The van der Waals surface area contributed by atoms with Crippen LogP contribution in [0.25, 0.3) is 21.8 Å². The molecule has 0 spiro atoms. The fourth-order valence-corrected chi connectivity index (χ4v) is 6.30. The molecule has 0 saturated carbocycles. The molecule has 0 radical (unpaired) electrons. The summed E-state index contributed by atoms with van der Waals surface area (Å²) in [5.41, 5.74) is 4.97. The van der Waals surface area contributed by atoms with E-state index in [4.69, 9.17) is 14.5 Å². The molecule has 0 fully saturated rings. The number of aromatic nitrogens is 2. The standard InChI is InChI=1S/C34H36N2O3S/c1-6-38-33(37)28(20-23-12-8-7-9-13-23)31-32(40-34(2,3)4)27-21-26(18-19-30(27)36(31)5)39-22-25-17-16-24-14-10-11-15-29(24)35-25/h7-19,21,28H,6,20,22H2,1-5H3. The van der Waals surface area contributed by atoms with E-state index in [0.717, 1.165) is 49.4 Å². The Balaban J connectivity index is 1.54. The maximum Gasteiger partial charge on any atom is 0.315 e. The topological polar surface area (TPSA) is 53.4 Å². The number of hydrogen-bond donors (Lipinski definition) is 0. The third-order valence-electron chi connectivity index (χ3n) is 6.80. The highest BCUT2D eigenvalue weighted by atomic mass is 32.2. The molecule has 5 nitrogen and oxygen atoms in total. The lowest BCUT2D eigenvalue weighted by Crippen LogP contribution is -2.22. The molecular weight excluding hydrogens is 516 g/mol. The van der Waals surface area contributed by atoms with Crippen molar-refractivity contribution in [2.45, 2.75) is 56.3 Å². The van der Waals surface area contributed by atoms with Crippen molar-refractivity contribution in [2.75, 3.05) is 6.61 Å². The third-order valence-corrected chi connectivity index (χ3v) is 8.05. The monoisotopic (exact) mass is 552 g/mol. The van der Waals surface area contributed by atoms with Crippen molar-refractivity contribution in [1.82, 2.24) is 9.55 Å². The van der Waals surface area contributed by atoms with Crippen LogP contribution in [0, 0.1) is 0 Å². The Morgan fingerprint density at radius 3 is 2.48 bits per heavy atom. The number of pyridine rings is 1. The number of nitrogens with zero attached hydrogens (tertiary/aromatic N) is 2. The molecule has 0 N–H and O–H groups in total. The molecule has 0 aliphatic heterocycles. The minimum atomic E-state index is -0.434. The summed E-state index contributed by atoms with van der Waals surface area (Å²) < 4.78 is 14.0. The van der Waals surface area contributed by atoms with Gasteiger partial charge in [0.2, 0.25) is 0 Å². The van der Waals surface area contributed by atoms with Crippen molar-refractivity contribution in [3.8, 4) is 5.75 Å². The van der Waals surface area contributed by atoms with Gasteiger partial charge in [-0.2, -0.15) is 0 Å². The van der Waals surface area contributed by atoms with Crippen molar-refractivity contribution in [3.05, 3.63) is 102 Å². The smallest absolute Gasteiger partial charge is 0.315 e. The van der Waals surface area contributed by atoms with E-state index in [1.54, 1.807) is 11.8 Å². The summed E-state index contributed by atoms with van der Waals surface area (Å²) in [6.07, 6.45) is 0.568. The lowest BCUT2D eigenvalue weighted by Gasteiger charge is -2.23. The maximum atomic E-state index is 13.4. The zero-order valence-corrected chi connectivity index (χ0v) is 24.6. The summed E-state index contributed by atoms with van der Waals surface area (Å²) in [7, 11) is 2.04. The average Bonchev–Trinajstić information content (AvgIpc) is 3.20. The van der Waals surface area contributed by atoms with E-state index >= 15 is 0 Å². The lowest BCUT2D eigenvalue weighted by molar-refractivity contribution is -0.145. The largest absolute Gasteiger partial charge is 0.487 e. The van der Waals surface area contributed by atoms with Crippen LogP contribution < -0.4 is 4.74 Å². The van der Waals surface area contributed by atoms with Crippen LogP contribution >= 0.6 is 11.8 Å². The van der Waals surface area contributed by atoms with Gasteiger partial charge in [0.1, 0.15) is 18.3 Å². The first kappa shape index (κ1) is 27.8. The Bertz CT molecular complexity index is 1640. The van der Waals surface area contributed by atoms with Gasteiger partial charge in [0, 0.05) is 38.7 Å². The summed E-state index contributed by atoms with van der Waals surface area (Å²) >= 11 is 1.78. The Morgan fingerprint density at radius 2 is 1.73 bits per heavy atom. The van der Waals surface area contributed by atoms with Crippen molar-refractivity contribution in [2.24, 2.45) is 7.05 Å². The predicted molar refractivity (Wildman–Crippen MR) is 164 cm³/mol. The number of ether oxygens (including phenoxy) is 2. The normalized spacial score (nSPS) is 12.5. The number of carbonyl (C=O) groups excluding carboxylic acids is 1. The summed E-state index contributed by atoms with van der Waals surface area (Å²) in [5.74, 6) is 0.133. The first-order valence-corrected chi connectivity index (χ1v) is 14.5. The number of esters is 1. The van der Waals surface area contributed by atoms with Gasteiger partial charge in [-0.3, -0.25) is 4.79 Å². The Morgan fingerprint density at radius 1 is 0.975 bits per heavy atom. The molecule has 3 aromatic carbocycles. The molecule has 0 saturated heterocycles. The van der Waals surface area contributed by atoms with Crippen LogP contribution in [0.1, 0.15) is 50.6 Å². The first-order valence-electron chi connectivity index (χ1n) is 13.7. The highest BCUT2D eigenvalue weighted by Gasteiger charge is 2.32. The Hall–Kier alpha value is -3.77. The Labute approximate surface area is 240 Å². The number of thioether (sulfide) groups is 1. The minimum Gasteiger partial charge on any atom is -0.487 e. The fraction of sp³-hybridized carbons (Fsp3) is 0.294. The van der Waals surface area contributed by atoms with E-state index in [1.165, 1.54) is 0 Å². The molecule has 0 amide bonds. The summed E-state index contributed by atoms with van der Waals surface area (Å²) in [4.78, 5) is 19.3. The summed E-state index contributed by atoms with van der Waals surface area (Å²) in [6.45, 7) is 9.17. The second-order valence-corrected chi connectivity index (χ2v) is 12.8. The van der Waals surface area contributed by atoms with Crippen molar-refractivity contribution in [1.29, 1.82) is 0 Å². The zero-order valence-electron chi connectivity index (χ0n) is 23.8. The van der Waals surface area contributed by atoms with Crippen LogP contribution in [0.2, 0.25) is 0 Å². The highest BCUT2D eigenvalue weighted by molar-refractivity contribution is 8.00. The fourth-order valence-electron chi connectivity index (χ4n) is 5.03. The number of aryl methyl sites for hydroxylation is 1. The van der Waals surface area contributed by atoms with Gasteiger partial charge in [0.15, 0.2) is 0 Å². The third kappa shape index (κ3) is 6.18. The quantitative estimate of drug-likeness (QED) is 0.137. The van der Waals surface area contributed by atoms with Gasteiger partial charge < -0.3 is 14.0 Å². The number of rotatable bonds is 9. The molecule has 6 heteroatoms. The molecule has 1 unspecified atom stereocenters. The molecule has 1 atom stereocenters. The van der Waals surface area contributed by atoms with E-state index in [2.05, 4.69) is 61.7 Å². The van der Waals surface area contributed by atoms with Crippen molar-refractivity contribution in [3.63, 3.8) is 0 Å². The van der Waals surface area contributed by atoms with E-state index in [9.17, 15) is 4.79 Å². The van der Waals surface area contributed by atoms with Crippen LogP contribution in [0.3, 0.4) is 0 Å². The first-order chi connectivity index (χ1) is 19.2. The molecule has 0 bridgehead atoms. The van der Waals surface area contributed by atoms with Gasteiger partial charge >= 0.3 is 5.97 Å². The maximum absolute atomic E-state index is 13.4. The molecule has 5 rings (SSSR count). The lowest BCUT2D eigenvalue weighted by atomic mass is 9.96. The summed E-state index contributed by atoms with van der Waals surface area (Å²) in [6, 6.07) is 28.5. The van der Waals surface area contributed by atoms with Gasteiger partial charge in [-0.15, -0.1) is 11.8 Å². The molecule has 0 aliphatic rings. The molecular formula is C34H36N2O3S. The van der Waals surface area contributed by atoms with Crippen molar-refractivity contribution < 1.29 is 14.3 Å². The number of para-hydroxylation sites is 1. The van der Waals surface area contributed by atoms with Crippen molar-refractivity contribution >= 4 is 39.5 Å². The van der Waals surface area contributed by atoms with E-state index in [0.29, 0.717) is 19.6 Å². The van der Waals surface area contributed by atoms with Gasteiger partial charge in [-0.05, 0) is 49.2 Å². The molecule has 2 aromatic heterocycles. The number of fused-ring (bicyclic) bond motifs is 2. The van der Waals surface area contributed by atoms with Crippen LogP contribution in [0.15, 0.2) is 89.8 Å². The second-order valence-electron chi connectivity index (χ2n) is 10.9. The van der Waals surface area contributed by atoms with Crippen LogP contribution in [0.5, 0.6) is 5.75 Å². The number of benzene rings is 3. The van der Waals surface area contributed by atoms with Gasteiger partial charge in [0.25, 0.3) is 0 Å². The molecule has 2 heterocycles. The minimum absolute atomic E-state index is 0.0686. The van der Waals surface area contributed by atoms with E-state index < -0.39 is 5.92 Å². The summed E-state index contributed by atoms with van der Waals surface area (Å²) in [5, 5.41) is 2.18. The molecule has 5 aromatic rings. The SMILES string of the molecule is CCOC(=O)C(Cc1ccccc1)c1c(SC(C)(C)C)c2cc(OCc3ccc4ccccc4n3)ccc2n1C. The highest BCUT2D eigenvalue weighted by Crippen LogP contribution is 2.45. The molecule has 206 valence electrons. The van der Waals surface area contributed by atoms with Crippen LogP contribution in [-0.4, -0.2) is 26.9 Å². The molecule has 0 aliphatic carbocycles. The van der Waals surface area contributed by atoms with Gasteiger partial charge in [-0.1, -0.05) is 75.4 Å². The molecule has 40 heavy (non-hydrogen) atoms. The number of carbonyl (C=O) groups is 1. The second kappa shape index (κ2) is 11.8. The van der Waals surface area contributed by atoms with E-state index in [-0.39, 0.29) is 10.7 Å². The van der Waals surface area contributed by atoms with Gasteiger partial charge in [0.05, 0.1) is 17.8 Å². The van der Waals surface area contributed by atoms with Crippen LogP contribution in [-0.2, 0) is 29.6 Å². The number of hydrogen-bond acceptors (Lipinski definition) is 5. The van der Waals surface area contributed by atoms with Crippen LogP contribution in [0.4, 0.5) is 0 Å². The van der Waals surface area contributed by atoms with E-state index in [1.807, 2.05) is 62.5 Å². The zero-order chi connectivity index (χ0) is 28.3. The average molecular weight is 553 g/mol. The van der Waals surface area contributed by atoms with Gasteiger partial charge in [-0.25, -0.2) is 4.98 Å².